The molecule has 1 saturated heterocycles. The first-order valence-electron chi connectivity index (χ1n) is 3.09. The molecule has 0 aromatic heterocycles. The van der Waals surface area contributed by atoms with Crippen molar-refractivity contribution in [1.29, 1.82) is 0 Å². The van der Waals surface area contributed by atoms with Crippen LogP contribution in [0.25, 0.3) is 0 Å². The standard InChI is InChI=1S/C6H8O5/c1-10-4(7)6(9)2-3-11-5(6)8/h9H,2-3H2,1H3/t6-/m1/s1. The number of cyclic esters (lactones) is 1. The summed E-state index contributed by atoms with van der Waals surface area (Å²) in [5.74, 6) is -1.88. The van der Waals surface area contributed by atoms with Gasteiger partial charge in [-0.15, -0.1) is 0 Å². The lowest BCUT2D eigenvalue weighted by Gasteiger charge is -2.12. The van der Waals surface area contributed by atoms with Gasteiger partial charge in [0.05, 0.1) is 13.7 Å². The lowest BCUT2D eigenvalue weighted by Crippen LogP contribution is -2.43. The van der Waals surface area contributed by atoms with Gasteiger partial charge in [0, 0.05) is 6.42 Å². The second-order valence-electron chi connectivity index (χ2n) is 2.24. The van der Waals surface area contributed by atoms with Crippen molar-refractivity contribution in [2.45, 2.75) is 12.0 Å². The third kappa shape index (κ3) is 1.07. The van der Waals surface area contributed by atoms with Crippen molar-refractivity contribution in [3.63, 3.8) is 0 Å². The molecule has 0 saturated carbocycles. The van der Waals surface area contributed by atoms with Crippen molar-refractivity contribution < 1.29 is 24.2 Å². The van der Waals surface area contributed by atoms with Crippen LogP contribution in [-0.2, 0) is 19.1 Å². The van der Waals surface area contributed by atoms with Gasteiger partial charge in [-0.3, -0.25) is 0 Å². The molecule has 62 valence electrons. The van der Waals surface area contributed by atoms with Crippen LogP contribution in [0.2, 0.25) is 0 Å². The van der Waals surface area contributed by atoms with E-state index in [1.807, 2.05) is 0 Å². The number of rotatable bonds is 1. The lowest BCUT2D eigenvalue weighted by molar-refractivity contribution is -0.172. The van der Waals surface area contributed by atoms with Gasteiger partial charge < -0.3 is 14.6 Å². The number of methoxy groups -OCH3 is 1. The quantitative estimate of drug-likeness (QED) is 0.387. The molecule has 1 aliphatic rings. The van der Waals surface area contributed by atoms with E-state index < -0.39 is 17.5 Å². The average molecular weight is 160 g/mol. The molecule has 1 atom stereocenters. The van der Waals surface area contributed by atoms with Gasteiger partial charge in [0.2, 0.25) is 0 Å². The van der Waals surface area contributed by atoms with Crippen LogP contribution in [0.5, 0.6) is 0 Å². The Hall–Kier alpha value is -1.10. The fourth-order valence-electron chi connectivity index (χ4n) is 0.867. The van der Waals surface area contributed by atoms with Crippen LogP contribution in [0.3, 0.4) is 0 Å². The van der Waals surface area contributed by atoms with E-state index in [1.165, 1.54) is 0 Å². The van der Waals surface area contributed by atoms with Gasteiger partial charge in [-0.25, -0.2) is 9.59 Å². The molecule has 1 heterocycles. The normalized spacial score (nSPS) is 29.8. The molecule has 0 aromatic rings. The predicted octanol–water partition coefficient (Wildman–Crippen LogP) is -1.16. The summed E-state index contributed by atoms with van der Waals surface area (Å²) in [6.45, 7) is 0.0600. The number of esters is 2. The minimum Gasteiger partial charge on any atom is -0.466 e. The van der Waals surface area contributed by atoms with Gasteiger partial charge in [-0.05, 0) is 0 Å². The number of aliphatic hydroxyl groups is 1. The van der Waals surface area contributed by atoms with Gasteiger partial charge in [-0.2, -0.15) is 0 Å². The first-order valence-corrected chi connectivity index (χ1v) is 3.09. The predicted molar refractivity (Wildman–Crippen MR) is 32.5 cm³/mol. The molecule has 0 unspecified atom stereocenters. The molecule has 5 heteroatoms. The van der Waals surface area contributed by atoms with Crippen molar-refractivity contribution >= 4 is 11.9 Å². The van der Waals surface area contributed by atoms with Crippen LogP contribution in [-0.4, -0.2) is 36.4 Å². The summed E-state index contributed by atoms with van der Waals surface area (Å²) in [6, 6.07) is 0. The fourth-order valence-corrected chi connectivity index (χ4v) is 0.867. The molecule has 5 nitrogen and oxygen atoms in total. The maximum absolute atomic E-state index is 10.8. The number of ether oxygens (including phenoxy) is 2. The van der Waals surface area contributed by atoms with Gasteiger partial charge in [0.15, 0.2) is 0 Å². The second-order valence-corrected chi connectivity index (χ2v) is 2.24. The van der Waals surface area contributed by atoms with Gasteiger partial charge in [0.25, 0.3) is 5.60 Å². The number of hydrogen-bond donors (Lipinski definition) is 1. The van der Waals surface area contributed by atoms with E-state index in [9.17, 15) is 14.7 Å². The zero-order valence-corrected chi connectivity index (χ0v) is 5.99. The summed E-state index contributed by atoms with van der Waals surface area (Å²) in [7, 11) is 1.10. The number of hydrogen-bond acceptors (Lipinski definition) is 5. The molecule has 0 spiro atoms. The van der Waals surface area contributed by atoms with Crippen LogP contribution in [0, 0.1) is 0 Å². The summed E-state index contributed by atoms with van der Waals surface area (Å²) >= 11 is 0. The van der Waals surface area contributed by atoms with Crippen LogP contribution in [0.15, 0.2) is 0 Å². The minimum absolute atomic E-state index is 0.0293. The highest BCUT2D eigenvalue weighted by Gasteiger charge is 2.50. The molecule has 1 N–H and O–H groups in total. The highest BCUT2D eigenvalue weighted by molar-refractivity contribution is 6.04. The van der Waals surface area contributed by atoms with Crippen molar-refractivity contribution in [1.82, 2.24) is 0 Å². The summed E-state index contributed by atoms with van der Waals surface area (Å²) in [6.07, 6.45) is -0.0293. The Morgan fingerprint density at radius 3 is 2.82 bits per heavy atom. The van der Waals surface area contributed by atoms with Crippen molar-refractivity contribution in [2.75, 3.05) is 13.7 Å². The molecule has 0 amide bonds. The molecule has 0 radical (unpaired) electrons. The second kappa shape index (κ2) is 2.50. The highest BCUT2D eigenvalue weighted by Crippen LogP contribution is 2.20. The molecule has 0 aromatic carbocycles. The maximum atomic E-state index is 10.8. The smallest absolute Gasteiger partial charge is 0.350 e. The monoisotopic (exact) mass is 160 g/mol. The molecule has 1 rings (SSSR count). The number of carbonyl (C=O) groups excluding carboxylic acids is 2. The van der Waals surface area contributed by atoms with E-state index in [0.29, 0.717) is 0 Å². The maximum Gasteiger partial charge on any atom is 0.350 e. The van der Waals surface area contributed by atoms with Gasteiger partial charge in [-0.1, -0.05) is 0 Å². The largest absolute Gasteiger partial charge is 0.466 e. The Morgan fingerprint density at radius 2 is 2.45 bits per heavy atom. The van der Waals surface area contributed by atoms with E-state index in [4.69, 9.17) is 0 Å². The minimum atomic E-state index is -2.06. The Labute approximate surface area is 62.9 Å². The Morgan fingerprint density at radius 1 is 1.82 bits per heavy atom. The molecular weight excluding hydrogens is 152 g/mol. The molecule has 1 aliphatic heterocycles. The van der Waals surface area contributed by atoms with Crippen LogP contribution in [0.4, 0.5) is 0 Å². The van der Waals surface area contributed by atoms with Crippen molar-refractivity contribution in [3.05, 3.63) is 0 Å². The molecule has 0 aliphatic carbocycles. The van der Waals surface area contributed by atoms with E-state index in [-0.39, 0.29) is 13.0 Å². The summed E-state index contributed by atoms with van der Waals surface area (Å²) in [5.41, 5.74) is -2.06. The summed E-state index contributed by atoms with van der Waals surface area (Å²) in [5, 5.41) is 9.28. The van der Waals surface area contributed by atoms with Crippen molar-refractivity contribution in [2.24, 2.45) is 0 Å². The SMILES string of the molecule is COC(=O)[C@]1(O)CCOC1=O. The highest BCUT2D eigenvalue weighted by atomic mass is 16.6. The zero-order chi connectivity index (χ0) is 8.48. The first-order chi connectivity index (χ1) is 5.11. The Balaban J connectivity index is 2.80. The first kappa shape index (κ1) is 8.00. The van der Waals surface area contributed by atoms with Crippen LogP contribution in [0.1, 0.15) is 6.42 Å². The van der Waals surface area contributed by atoms with Crippen LogP contribution >= 0.6 is 0 Å². The summed E-state index contributed by atoms with van der Waals surface area (Å²) < 4.78 is 8.62. The molecular formula is C6H8O5. The molecule has 0 bridgehead atoms. The van der Waals surface area contributed by atoms with Gasteiger partial charge in [0.1, 0.15) is 0 Å². The summed E-state index contributed by atoms with van der Waals surface area (Å²) in [4.78, 5) is 21.5. The van der Waals surface area contributed by atoms with Crippen molar-refractivity contribution in [3.8, 4) is 0 Å². The average Bonchev–Trinajstić information content (AvgIpc) is 2.32. The number of carbonyl (C=O) groups is 2. The van der Waals surface area contributed by atoms with E-state index in [0.717, 1.165) is 7.11 Å². The van der Waals surface area contributed by atoms with E-state index in [2.05, 4.69) is 9.47 Å². The Kier molecular flexibility index (Phi) is 1.82. The zero-order valence-electron chi connectivity index (χ0n) is 5.99. The fraction of sp³-hybridized carbons (Fsp3) is 0.667. The topological polar surface area (TPSA) is 72.8 Å². The lowest BCUT2D eigenvalue weighted by atomic mass is 10.0. The third-order valence-corrected chi connectivity index (χ3v) is 1.56. The van der Waals surface area contributed by atoms with E-state index in [1.54, 1.807) is 0 Å². The van der Waals surface area contributed by atoms with E-state index >= 15 is 0 Å². The van der Waals surface area contributed by atoms with Crippen LogP contribution < -0.4 is 0 Å². The molecule has 1 fully saturated rings. The van der Waals surface area contributed by atoms with Gasteiger partial charge >= 0.3 is 11.9 Å². The molecule has 11 heavy (non-hydrogen) atoms. The third-order valence-electron chi connectivity index (χ3n) is 1.56. The Bertz CT molecular complexity index is 199.